The molecule has 0 radical (unpaired) electrons. The Hall–Kier alpha value is -1.02. The third-order valence-electron chi connectivity index (χ3n) is 3.21. The van der Waals surface area contributed by atoms with E-state index in [4.69, 9.17) is 16.3 Å². The molecule has 0 heterocycles. The Morgan fingerprint density at radius 3 is 2.37 bits per heavy atom. The Kier molecular flexibility index (Phi) is 8.31. The first-order chi connectivity index (χ1) is 9.24. The van der Waals surface area contributed by atoms with Crippen molar-refractivity contribution in [1.82, 2.24) is 0 Å². The molecule has 0 aliphatic carbocycles. The zero-order valence-electron chi connectivity index (χ0n) is 11.7. The number of aryl methyl sites for hydroxylation is 1. The second kappa shape index (κ2) is 9.85. The van der Waals surface area contributed by atoms with Gasteiger partial charge in [-0.2, -0.15) is 0 Å². The predicted octanol–water partition coefficient (Wildman–Crippen LogP) is 5.72. The van der Waals surface area contributed by atoms with Gasteiger partial charge in [-0.15, -0.1) is 0 Å². The Labute approximate surface area is 121 Å². The average Bonchev–Trinajstić information content (AvgIpc) is 2.39. The van der Waals surface area contributed by atoms with Gasteiger partial charge < -0.3 is 4.74 Å². The van der Waals surface area contributed by atoms with Crippen LogP contribution in [-0.4, -0.2) is 5.43 Å². The zero-order chi connectivity index (χ0) is 13.9. The number of benzene rings is 1. The van der Waals surface area contributed by atoms with Crippen molar-refractivity contribution in [3.05, 3.63) is 29.8 Å². The second-order valence-corrected chi connectivity index (χ2v) is 5.13. The summed E-state index contributed by atoms with van der Waals surface area (Å²) in [5, 5.41) is 0. The minimum absolute atomic E-state index is 0.591. The Balaban J connectivity index is 2.26. The first kappa shape index (κ1) is 16.0. The number of para-hydroxylation sites is 1. The lowest BCUT2D eigenvalue weighted by Crippen LogP contribution is -2.00. The molecule has 0 aliphatic heterocycles. The molecule has 0 aliphatic rings. The van der Waals surface area contributed by atoms with Crippen molar-refractivity contribution in [3.63, 3.8) is 0 Å². The van der Waals surface area contributed by atoms with E-state index in [0.29, 0.717) is 5.75 Å². The Bertz CT molecular complexity index is 377. The van der Waals surface area contributed by atoms with Crippen LogP contribution in [0.2, 0.25) is 0 Å². The molecule has 0 atom stereocenters. The van der Waals surface area contributed by atoms with Gasteiger partial charge in [0, 0.05) is 11.6 Å². The molecule has 106 valence electrons. The highest BCUT2D eigenvalue weighted by Gasteiger charge is 2.06. The van der Waals surface area contributed by atoms with Crippen molar-refractivity contribution in [2.24, 2.45) is 0 Å². The topological polar surface area (TPSA) is 26.3 Å². The third-order valence-corrected chi connectivity index (χ3v) is 3.29. The molecule has 0 unspecified atom stereocenters. The van der Waals surface area contributed by atoms with Gasteiger partial charge in [-0.25, -0.2) is 4.79 Å². The number of halogens is 1. The molecular formula is C16H23ClO2. The SMILES string of the molecule is CCCCCCCCCc1ccccc1OC(=O)Cl. The number of ether oxygens (including phenoxy) is 1. The van der Waals surface area contributed by atoms with Crippen molar-refractivity contribution < 1.29 is 9.53 Å². The Morgan fingerprint density at radius 2 is 1.68 bits per heavy atom. The van der Waals surface area contributed by atoms with Crippen LogP contribution in [0.25, 0.3) is 0 Å². The van der Waals surface area contributed by atoms with Gasteiger partial charge in [0.05, 0.1) is 0 Å². The van der Waals surface area contributed by atoms with E-state index in [1.807, 2.05) is 18.2 Å². The number of hydrogen-bond acceptors (Lipinski definition) is 2. The van der Waals surface area contributed by atoms with Gasteiger partial charge in [0.15, 0.2) is 0 Å². The van der Waals surface area contributed by atoms with Gasteiger partial charge >= 0.3 is 5.43 Å². The van der Waals surface area contributed by atoms with Crippen molar-refractivity contribution in [2.45, 2.75) is 58.3 Å². The summed E-state index contributed by atoms with van der Waals surface area (Å²) < 4.78 is 4.98. The molecule has 0 amide bonds. The van der Waals surface area contributed by atoms with E-state index in [1.54, 1.807) is 6.07 Å². The van der Waals surface area contributed by atoms with Gasteiger partial charge in [0.25, 0.3) is 0 Å². The smallest absolute Gasteiger partial charge is 0.409 e. The molecule has 3 heteroatoms. The summed E-state index contributed by atoms with van der Waals surface area (Å²) >= 11 is 5.26. The lowest BCUT2D eigenvalue weighted by Gasteiger charge is -2.07. The van der Waals surface area contributed by atoms with Gasteiger partial charge in [-0.1, -0.05) is 63.6 Å². The van der Waals surface area contributed by atoms with Crippen LogP contribution in [0, 0.1) is 0 Å². The van der Waals surface area contributed by atoms with Crippen LogP contribution in [0.1, 0.15) is 57.4 Å². The van der Waals surface area contributed by atoms with Crippen molar-refractivity contribution in [3.8, 4) is 5.75 Å². The van der Waals surface area contributed by atoms with Crippen LogP contribution in [0.5, 0.6) is 5.75 Å². The third kappa shape index (κ3) is 7.22. The predicted molar refractivity (Wildman–Crippen MR) is 80.0 cm³/mol. The summed E-state index contributed by atoms with van der Waals surface area (Å²) in [6.45, 7) is 2.23. The molecule has 0 spiro atoms. The fraction of sp³-hybridized carbons (Fsp3) is 0.562. The summed E-state index contributed by atoms with van der Waals surface area (Å²) in [5.74, 6) is 0.591. The molecular weight excluding hydrogens is 260 g/mol. The van der Waals surface area contributed by atoms with Crippen LogP contribution >= 0.6 is 11.6 Å². The number of carbonyl (C=O) groups excluding carboxylic acids is 1. The maximum atomic E-state index is 10.8. The first-order valence-corrected chi connectivity index (χ1v) is 7.57. The van der Waals surface area contributed by atoms with Crippen LogP contribution in [0.3, 0.4) is 0 Å². The van der Waals surface area contributed by atoms with Crippen LogP contribution in [0.4, 0.5) is 4.79 Å². The lowest BCUT2D eigenvalue weighted by atomic mass is 10.0. The van der Waals surface area contributed by atoms with Crippen molar-refractivity contribution >= 4 is 17.0 Å². The maximum absolute atomic E-state index is 10.8. The first-order valence-electron chi connectivity index (χ1n) is 7.19. The summed E-state index contributed by atoms with van der Waals surface area (Å²) in [5.41, 5.74) is 0.289. The number of hydrogen-bond donors (Lipinski definition) is 0. The highest BCUT2D eigenvalue weighted by molar-refractivity contribution is 6.61. The van der Waals surface area contributed by atoms with Crippen molar-refractivity contribution in [1.29, 1.82) is 0 Å². The molecule has 0 bridgehead atoms. The minimum atomic E-state index is -0.771. The van der Waals surface area contributed by atoms with E-state index < -0.39 is 5.43 Å². The van der Waals surface area contributed by atoms with Crippen LogP contribution in [0.15, 0.2) is 24.3 Å². The second-order valence-electron chi connectivity index (χ2n) is 4.82. The van der Waals surface area contributed by atoms with Crippen LogP contribution in [-0.2, 0) is 6.42 Å². The van der Waals surface area contributed by atoms with Gasteiger partial charge in [-0.05, 0) is 24.5 Å². The number of carbonyl (C=O) groups is 1. The van der Waals surface area contributed by atoms with Crippen molar-refractivity contribution in [2.75, 3.05) is 0 Å². The molecule has 0 saturated carbocycles. The molecule has 19 heavy (non-hydrogen) atoms. The number of rotatable bonds is 9. The minimum Gasteiger partial charge on any atom is -0.414 e. The molecule has 0 aromatic heterocycles. The lowest BCUT2D eigenvalue weighted by molar-refractivity contribution is 0.225. The summed E-state index contributed by atoms with van der Waals surface area (Å²) in [7, 11) is 0. The zero-order valence-corrected chi connectivity index (χ0v) is 12.4. The molecule has 1 rings (SSSR count). The molecule has 1 aromatic carbocycles. The quantitative estimate of drug-likeness (QED) is 0.428. The maximum Gasteiger partial charge on any atom is 0.409 e. The highest BCUT2D eigenvalue weighted by Crippen LogP contribution is 2.21. The van der Waals surface area contributed by atoms with E-state index in [0.717, 1.165) is 18.4 Å². The summed E-state index contributed by atoms with van der Waals surface area (Å²) in [6, 6.07) is 7.59. The molecule has 0 N–H and O–H groups in total. The van der Waals surface area contributed by atoms with E-state index in [2.05, 4.69) is 6.92 Å². The molecule has 0 saturated heterocycles. The standard InChI is InChI=1S/C16H23ClO2/c1-2-3-4-5-6-7-8-11-14-12-9-10-13-15(14)19-16(17)18/h9-10,12-13H,2-8,11H2,1H3. The summed E-state index contributed by atoms with van der Waals surface area (Å²) in [6.07, 6.45) is 9.89. The van der Waals surface area contributed by atoms with E-state index in [9.17, 15) is 4.79 Å². The highest BCUT2D eigenvalue weighted by atomic mass is 35.5. The Morgan fingerprint density at radius 1 is 1.05 bits per heavy atom. The van der Waals surface area contributed by atoms with E-state index >= 15 is 0 Å². The fourth-order valence-corrected chi connectivity index (χ4v) is 2.25. The van der Waals surface area contributed by atoms with E-state index in [1.165, 1.54) is 38.5 Å². The van der Waals surface area contributed by atoms with Gasteiger partial charge in [0.1, 0.15) is 5.75 Å². The molecule has 2 nitrogen and oxygen atoms in total. The largest absolute Gasteiger partial charge is 0.414 e. The van der Waals surface area contributed by atoms with Gasteiger partial charge in [0.2, 0.25) is 0 Å². The number of unbranched alkanes of at least 4 members (excludes halogenated alkanes) is 6. The average molecular weight is 283 g/mol. The van der Waals surface area contributed by atoms with Crippen LogP contribution < -0.4 is 4.74 Å². The van der Waals surface area contributed by atoms with E-state index in [-0.39, 0.29) is 0 Å². The monoisotopic (exact) mass is 282 g/mol. The molecule has 0 fully saturated rings. The summed E-state index contributed by atoms with van der Waals surface area (Å²) in [4.78, 5) is 10.8. The fourth-order valence-electron chi connectivity index (χ4n) is 2.17. The molecule has 1 aromatic rings. The normalized spacial score (nSPS) is 10.4. The van der Waals surface area contributed by atoms with Gasteiger partial charge in [-0.3, -0.25) is 0 Å².